The van der Waals surface area contributed by atoms with Crippen molar-refractivity contribution in [3.8, 4) is 0 Å². The first kappa shape index (κ1) is 15.8. The Labute approximate surface area is 148 Å². The van der Waals surface area contributed by atoms with Crippen LogP contribution in [0.2, 0.25) is 0 Å². The Bertz CT molecular complexity index is 803. The number of fused-ring (bicyclic) bond motifs is 4. The summed E-state index contributed by atoms with van der Waals surface area (Å²) in [7, 11) is 0. The van der Waals surface area contributed by atoms with E-state index in [0.717, 1.165) is 11.3 Å². The molecule has 0 aromatic heterocycles. The fraction of sp³-hybridized carbons (Fsp3) is 0.350. The van der Waals surface area contributed by atoms with Gasteiger partial charge in [-0.3, -0.25) is 4.90 Å². The number of nitrogens with one attached hydrogen (secondary N) is 1. The Kier molecular flexibility index (Phi) is 3.42. The van der Waals surface area contributed by atoms with Crippen molar-refractivity contribution < 1.29 is 9.53 Å². The van der Waals surface area contributed by atoms with E-state index >= 15 is 0 Å². The molecule has 3 aliphatic heterocycles. The molecular formula is C20H23N3O2. The molecule has 0 fully saturated rings. The minimum Gasteiger partial charge on any atom is -0.444 e. The fourth-order valence-corrected chi connectivity index (χ4v) is 3.65. The highest BCUT2D eigenvalue weighted by molar-refractivity contribution is 5.69. The van der Waals surface area contributed by atoms with Crippen molar-refractivity contribution in [2.45, 2.75) is 38.6 Å². The van der Waals surface area contributed by atoms with Gasteiger partial charge >= 0.3 is 6.09 Å². The number of ether oxygens (including phenoxy) is 1. The molecule has 0 saturated carbocycles. The third-order valence-corrected chi connectivity index (χ3v) is 4.66. The lowest BCUT2D eigenvalue weighted by Crippen LogP contribution is -2.59. The third-order valence-electron chi connectivity index (χ3n) is 4.66. The maximum atomic E-state index is 12.7. The smallest absolute Gasteiger partial charge is 0.410 e. The number of hydrogen-bond acceptors (Lipinski definition) is 4. The molecule has 25 heavy (non-hydrogen) atoms. The molecule has 3 aliphatic rings. The second-order valence-corrected chi connectivity index (χ2v) is 7.64. The van der Waals surface area contributed by atoms with Crippen LogP contribution in [0.3, 0.4) is 0 Å². The van der Waals surface area contributed by atoms with Crippen molar-refractivity contribution >= 4 is 6.09 Å². The number of carbonyl (C=O) groups is 1. The van der Waals surface area contributed by atoms with E-state index in [1.807, 2.05) is 51.3 Å². The van der Waals surface area contributed by atoms with Crippen molar-refractivity contribution in [2.24, 2.45) is 0 Å². The summed E-state index contributed by atoms with van der Waals surface area (Å²) in [5.74, 6) is 0. The summed E-state index contributed by atoms with van der Waals surface area (Å²) in [5, 5.41) is 3.53. The molecule has 1 aromatic carbocycles. The minimum absolute atomic E-state index is 0.284. The van der Waals surface area contributed by atoms with E-state index in [9.17, 15) is 4.79 Å². The van der Waals surface area contributed by atoms with Gasteiger partial charge in [-0.1, -0.05) is 30.3 Å². The van der Waals surface area contributed by atoms with E-state index < -0.39 is 11.3 Å². The average Bonchev–Trinajstić information content (AvgIpc) is 2.93. The molecule has 1 unspecified atom stereocenters. The van der Waals surface area contributed by atoms with Crippen LogP contribution in [-0.4, -0.2) is 28.0 Å². The van der Waals surface area contributed by atoms with Crippen LogP contribution in [0.25, 0.3) is 0 Å². The summed E-state index contributed by atoms with van der Waals surface area (Å²) in [6, 6.07) is 8.28. The Morgan fingerprint density at radius 3 is 2.84 bits per heavy atom. The Morgan fingerprint density at radius 1 is 1.24 bits per heavy atom. The van der Waals surface area contributed by atoms with Crippen LogP contribution in [0.4, 0.5) is 4.79 Å². The summed E-state index contributed by atoms with van der Waals surface area (Å²) in [6.07, 6.45) is 9.88. The quantitative estimate of drug-likeness (QED) is 0.788. The summed E-state index contributed by atoms with van der Waals surface area (Å²) < 4.78 is 5.62. The molecule has 5 nitrogen and oxygen atoms in total. The molecule has 1 amide bonds. The number of hydrogen-bond donors (Lipinski definition) is 1. The average molecular weight is 337 g/mol. The molecule has 1 spiro atoms. The van der Waals surface area contributed by atoms with E-state index in [0.29, 0.717) is 13.1 Å². The van der Waals surface area contributed by atoms with Gasteiger partial charge in [0.05, 0.1) is 12.2 Å². The van der Waals surface area contributed by atoms with E-state index in [1.54, 1.807) is 4.90 Å². The molecule has 3 heterocycles. The fourth-order valence-electron chi connectivity index (χ4n) is 3.65. The second-order valence-electron chi connectivity index (χ2n) is 7.64. The molecule has 1 atom stereocenters. The number of amides is 1. The number of benzene rings is 1. The Balaban J connectivity index is 1.73. The first-order valence-electron chi connectivity index (χ1n) is 8.57. The number of nitrogens with zero attached hydrogens (tertiary/aromatic N) is 2. The molecule has 0 radical (unpaired) electrons. The lowest BCUT2D eigenvalue weighted by Gasteiger charge is -2.47. The van der Waals surface area contributed by atoms with Crippen molar-refractivity contribution in [1.82, 2.24) is 15.1 Å². The molecule has 0 bridgehead atoms. The summed E-state index contributed by atoms with van der Waals surface area (Å²) in [4.78, 5) is 16.7. The topological polar surface area (TPSA) is 44.8 Å². The van der Waals surface area contributed by atoms with Crippen molar-refractivity contribution in [3.63, 3.8) is 0 Å². The van der Waals surface area contributed by atoms with Gasteiger partial charge in [-0.05, 0) is 38.5 Å². The molecule has 5 heteroatoms. The number of carbonyl (C=O) groups excluding carboxylic acids is 1. The van der Waals surface area contributed by atoms with Gasteiger partial charge in [0.1, 0.15) is 5.60 Å². The van der Waals surface area contributed by atoms with Crippen LogP contribution >= 0.6 is 0 Å². The van der Waals surface area contributed by atoms with Gasteiger partial charge in [-0.2, -0.15) is 0 Å². The van der Waals surface area contributed by atoms with Crippen LogP contribution in [-0.2, 0) is 16.9 Å². The molecule has 0 saturated heterocycles. The molecule has 4 rings (SSSR count). The lowest BCUT2D eigenvalue weighted by molar-refractivity contribution is 0.00462. The van der Waals surface area contributed by atoms with Crippen LogP contribution in [0.15, 0.2) is 60.6 Å². The summed E-state index contributed by atoms with van der Waals surface area (Å²) in [5.41, 5.74) is 2.40. The van der Waals surface area contributed by atoms with Gasteiger partial charge < -0.3 is 15.0 Å². The van der Waals surface area contributed by atoms with Crippen molar-refractivity contribution in [2.75, 3.05) is 6.54 Å². The Hall–Kier alpha value is -2.69. The summed E-state index contributed by atoms with van der Waals surface area (Å²) >= 11 is 0. The molecule has 1 aromatic rings. The minimum atomic E-state index is -0.512. The van der Waals surface area contributed by atoms with Gasteiger partial charge in [-0.25, -0.2) is 4.79 Å². The monoisotopic (exact) mass is 337 g/mol. The molecular weight excluding hydrogens is 314 g/mol. The molecule has 1 N–H and O–H groups in total. The maximum Gasteiger partial charge on any atom is 0.410 e. The highest BCUT2D eigenvalue weighted by atomic mass is 16.6. The van der Waals surface area contributed by atoms with E-state index in [4.69, 9.17) is 4.74 Å². The highest BCUT2D eigenvalue weighted by Gasteiger charge is 2.48. The van der Waals surface area contributed by atoms with Crippen molar-refractivity contribution in [3.05, 3.63) is 71.7 Å². The third kappa shape index (κ3) is 2.60. The predicted molar refractivity (Wildman–Crippen MR) is 96.1 cm³/mol. The first-order chi connectivity index (χ1) is 11.9. The lowest BCUT2D eigenvalue weighted by atomic mass is 9.88. The molecule has 130 valence electrons. The van der Waals surface area contributed by atoms with Gasteiger partial charge in [0.2, 0.25) is 0 Å². The van der Waals surface area contributed by atoms with Gasteiger partial charge in [0, 0.05) is 24.5 Å². The van der Waals surface area contributed by atoms with Crippen LogP contribution < -0.4 is 5.32 Å². The standard InChI is InChI=1S/C20H23N3O2/c1-19(2,3)25-18(24)22-13-15-8-4-5-10-17(15)20(14-22)21-12-16-9-6-7-11-23(16)20/h4-12,21H,13-14H2,1-3H3. The number of allylic oxidation sites excluding steroid dienone is 3. The zero-order valence-electron chi connectivity index (χ0n) is 14.8. The normalized spacial score (nSPS) is 23.9. The molecule has 0 aliphatic carbocycles. The van der Waals surface area contributed by atoms with E-state index in [2.05, 4.69) is 34.6 Å². The van der Waals surface area contributed by atoms with E-state index in [1.165, 1.54) is 5.56 Å². The van der Waals surface area contributed by atoms with Gasteiger partial charge in [0.15, 0.2) is 5.66 Å². The zero-order valence-corrected chi connectivity index (χ0v) is 14.8. The van der Waals surface area contributed by atoms with Gasteiger partial charge in [0.25, 0.3) is 0 Å². The highest BCUT2D eigenvalue weighted by Crippen LogP contribution is 2.41. The predicted octanol–water partition coefficient (Wildman–Crippen LogP) is 3.42. The van der Waals surface area contributed by atoms with Crippen LogP contribution in [0.5, 0.6) is 0 Å². The van der Waals surface area contributed by atoms with Crippen LogP contribution in [0, 0.1) is 0 Å². The SMILES string of the molecule is CC(C)(C)OC(=O)N1Cc2ccccc2C2(C1)NC=C1C=CC=CN12. The second kappa shape index (κ2) is 5.41. The Morgan fingerprint density at radius 2 is 2.04 bits per heavy atom. The van der Waals surface area contributed by atoms with Crippen molar-refractivity contribution in [1.29, 1.82) is 0 Å². The summed E-state index contributed by atoms with van der Waals surface area (Å²) in [6.45, 7) is 6.74. The first-order valence-corrected chi connectivity index (χ1v) is 8.57. The number of rotatable bonds is 0. The van der Waals surface area contributed by atoms with Crippen LogP contribution in [0.1, 0.15) is 31.9 Å². The van der Waals surface area contributed by atoms with E-state index in [-0.39, 0.29) is 6.09 Å². The van der Waals surface area contributed by atoms with Gasteiger partial charge in [-0.15, -0.1) is 0 Å². The zero-order chi connectivity index (χ0) is 17.7. The maximum absolute atomic E-state index is 12.7. The largest absolute Gasteiger partial charge is 0.444 e.